The van der Waals surface area contributed by atoms with E-state index in [1.54, 1.807) is 0 Å². The summed E-state index contributed by atoms with van der Waals surface area (Å²) in [5.41, 5.74) is 0.667. The van der Waals surface area contributed by atoms with Gasteiger partial charge in [-0.05, 0) is 17.7 Å². The molecule has 1 amide bonds. The van der Waals surface area contributed by atoms with E-state index in [4.69, 9.17) is 0 Å². The van der Waals surface area contributed by atoms with Gasteiger partial charge in [-0.2, -0.15) is 13.2 Å². The van der Waals surface area contributed by atoms with Crippen molar-refractivity contribution in [2.75, 3.05) is 13.1 Å². The van der Waals surface area contributed by atoms with Crippen molar-refractivity contribution in [2.45, 2.75) is 12.7 Å². The van der Waals surface area contributed by atoms with Crippen molar-refractivity contribution in [3.05, 3.63) is 35.6 Å². The van der Waals surface area contributed by atoms with Crippen LogP contribution in [0.5, 0.6) is 0 Å². The highest BCUT2D eigenvalue weighted by Crippen LogP contribution is 2.11. The molecule has 0 aliphatic rings. The molecule has 1 aromatic carbocycles. The molecule has 1 rings (SSSR count). The van der Waals surface area contributed by atoms with E-state index in [-0.39, 0.29) is 6.54 Å². The number of carbonyl (C=O) groups is 1. The summed E-state index contributed by atoms with van der Waals surface area (Å²) in [6, 6.07) is 5.45. The third-order valence-corrected chi connectivity index (χ3v) is 2.01. The van der Waals surface area contributed by atoms with Gasteiger partial charge in [0, 0.05) is 6.54 Å². The fourth-order valence-electron chi connectivity index (χ4n) is 1.18. The van der Waals surface area contributed by atoms with Gasteiger partial charge in [-0.25, -0.2) is 4.39 Å². The van der Waals surface area contributed by atoms with Crippen molar-refractivity contribution in [3.63, 3.8) is 0 Å². The number of amides is 1. The van der Waals surface area contributed by atoms with Crippen molar-refractivity contribution in [2.24, 2.45) is 0 Å². The van der Waals surface area contributed by atoms with Gasteiger partial charge in [-0.1, -0.05) is 12.1 Å². The van der Waals surface area contributed by atoms with Crippen LogP contribution in [0.4, 0.5) is 17.6 Å². The molecule has 0 atom stereocenters. The molecule has 0 spiro atoms. The van der Waals surface area contributed by atoms with Gasteiger partial charge >= 0.3 is 6.18 Å². The van der Waals surface area contributed by atoms with E-state index >= 15 is 0 Å². The fraction of sp³-hybridized carbons (Fsp3) is 0.364. The Bertz CT molecular complexity index is 389. The number of benzene rings is 1. The van der Waals surface area contributed by atoms with E-state index in [0.717, 1.165) is 0 Å². The van der Waals surface area contributed by atoms with Crippen LogP contribution in [0.3, 0.4) is 0 Å². The van der Waals surface area contributed by atoms with Crippen LogP contribution in [0.15, 0.2) is 24.3 Å². The highest BCUT2D eigenvalue weighted by Gasteiger charge is 2.26. The molecular formula is C11H12F4N2O. The van der Waals surface area contributed by atoms with Gasteiger partial charge in [0.15, 0.2) is 0 Å². The number of hydrogen-bond donors (Lipinski definition) is 2. The number of rotatable bonds is 5. The van der Waals surface area contributed by atoms with Crippen LogP contribution < -0.4 is 10.6 Å². The van der Waals surface area contributed by atoms with Crippen LogP contribution in [-0.2, 0) is 11.3 Å². The summed E-state index contributed by atoms with van der Waals surface area (Å²) < 4.78 is 47.9. The quantitative estimate of drug-likeness (QED) is 0.793. The molecule has 0 unspecified atom stereocenters. The molecule has 100 valence electrons. The SMILES string of the molecule is O=C(CNCC(F)(F)F)NCc1ccc(F)cc1. The van der Waals surface area contributed by atoms with E-state index in [1.807, 2.05) is 5.32 Å². The summed E-state index contributed by atoms with van der Waals surface area (Å²) in [5, 5.41) is 4.39. The van der Waals surface area contributed by atoms with Crippen molar-refractivity contribution in [3.8, 4) is 0 Å². The third kappa shape index (κ3) is 6.19. The number of carbonyl (C=O) groups excluding carboxylic acids is 1. The first kappa shape index (κ1) is 14.4. The summed E-state index contributed by atoms with van der Waals surface area (Å²) in [6.07, 6.45) is -4.34. The minimum atomic E-state index is -4.34. The standard InChI is InChI=1S/C11H12F4N2O/c12-9-3-1-8(2-4-9)5-17-10(18)6-16-7-11(13,14)15/h1-4,16H,5-7H2,(H,17,18). The Morgan fingerprint density at radius 3 is 2.33 bits per heavy atom. The van der Waals surface area contributed by atoms with Crippen molar-refractivity contribution >= 4 is 5.91 Å². The Morgan fingerprint density at radius 2 is 1.78 bits per heavy atom. The number of halogens is 4. The molecule has 0 bridgehead atoms. The zero-order valence-corrected chi connectivity index (χ0v) is 9.35. The highest BCUT2D eigenvalue weighted by atomic mass is 19.4. The first-order valence-corrected chi connectivity index (χ1v) is 5.15. The Hall–Kier alpha value is -1.63. The van der Waals surface area contributed by atoms with Crippen LogP contribution in [0.1, 0.15) is 5.56 Å². The van der Waals surface area contributed by atoms with Gasteiger partial charge in [0.1, 0.15) is 5.82 Å². The highest BCUT2D eigenvalue weighted by molar-refractivity contribution is 5.77. The maximum absolute atomic E-state index is 12.6. The van der Waals surface area contributed by atoms with Crippen molar-refractivity contribution in [1.29, 1.82) is 0 Å². The predicted octanol–water partition coefficient (Wildman–Crippen LogP) is 1.59. The molecular weight excluding hydrogens is 252 g/mol. The lowest BCUT2D eigenvalue weighted by Gasteiger charge is -2.08. The molecule has 2 N–H and O–H groups in total. The molecule has 0 aliphatic heterocycles. The van der Waals surface area contributed by atoms with E-state index in [2.05, 4.69) is 5.32 Å². The maximum atomic E-state index is 12.6. The summed E-state index contributed by atoms with van der Waals surface area (Å²) in [6.45, 7) is -1.48. The molecule has 0 fully saturated rings. The number of alkyl halides is 3. The fourth-order valence-corrected chi connectivity index (χ4v) is 1.18. The van der Waals surface area contributed by atoms with Gasteiger partial charge in [0.2, 0.25) is 5.91 Å². The lowest BCUT2D eigenvalue weighted by atomic mass is 10.2. The van der Waals surface area contributed by atoms with Gasteiger partial charge in [-0.3, -0.25) is 4.79 Å². The molecule has 3 nitrogen and oxygen atoms in total. The lowest BCUT2D eigenvalue weighted by molar-refractivity contribution is -0.128. The lowest BCUT2D eigenvalue weighted by Crippen LogP contribution is -2.37. The molecule has 0 aliphatic carbocycles. The minimum Gasteiger partial charge on any atom is -0.351 e. The number of nitrogens with one attached hydrogen (secondary N) is 2. The summed E-state index contributed by atoms with van der Waals surface area (Å²) >= 11 is 0. The second-order valence-electron chi connectivity index (χ2n) is 3.62. The zero-order valence-electron chi connectivity index (χ0n) is 9.35. The molecule has 7 heteroatoms. The molecule has 0 saturated heterocycles. The summed E-state index contributed by atoms with van der Waals surface area (Å²) in [4.78, 5) is 11.2. The third-order valence-electron chi connectivity index (χ3n) is 2.01. The molecule has 18 heavy (non-hydrogen) atoms. The van der Waals surface area contributed by atoms with Crippen LogP contribution in [0.2, 0.25) is 0 Å². The first-order valence-electron chi connectivity index (χ1n) is 5.15. The molecule has 0 saturated carbocycles. The van der Waals surface area contributed by atoms with Crippen molar-refractivity contribution in [1.82, 2.24) is 10.6 Å². The smallest absolute Gasteiger partial charge is 0.351 e. The molecule has 0 heterocycles. The topological polar surface area (TPSA) is 41.1 Å². The van der Waals surface area contributed by atoms with Crippen LogP contribution in [-0.4, -0.2) is 25.2 Å². The van der Waals surface area contributed by atoms with Crippen molar-refractivity contribution < 1.29 is 22.4 Å². The van der Waals surface area contributed by atoms with Crippen LogP contribution in [0.25, 0.3) is 0 Å². The average molecular weight is 264 g/mol. The largest absolute Gasteiger partial charge is 0.401 e. The molecule has 0 aromatic heterocycles. The Kier molecular flexibility index (Phi) is 5.08. The zero-order chi connectivity index (χ0) is 13.6. The predicted molar refractivity (Wildman–Crippen MR) is 57.2 cm³/mol. The molecule has 1 aromatic rings. The van der Waals surface area contributed by atoms with Gasteiger partial charge in [-0.15, -0.1) is 0 Å². The summed E-state index contributed by atoms with van der Waals surface area (Å²) in [5.74, 6) is -0.944. The minimum absolute atomic E-state index is 0.146. The van der Waals surface area contributed by atoms with Crippen LogP contribution >= 0.6 is 0 Å². The average Bonchev–Trinajstić information content (AvgIpc) is 2.26. The second-order valence-corrected chi connectivity index (χ2v) is 3.62. The van der Waals surface area contributed by atoms with E-state index in [1.165, 1.54) is 24.3 Å². The normalized spacial score (nSPS) is 11.3. The Morgan fingerprint density at radius 1 is 1.17 bits per heavy atom. The Labute approximate surface area is 101 Å². The van der Waals surface area contributed by atoms with Gasteiger partial charge < -0.3 is 10.6 Å². The van der Waals surface area contributed by atoms with E-state index < -0.39 is 31.0 Å². The first-order chi connectivity index (χ1) is 8.37. The van der Waals surface area contributed by atoms with E-state index in [9.17, 15) is 22.4 Å². The van der Waals surface area contributed by atoms with Crippen LogP contribution in [0, 0.1) is 5.82 Å². The molecule has 0 radical (unpaired) electrons. The van der Waals surface area contributed by atoms with E-state index in [0.29, 0.717) is 5.56 Å². The summed E-state index contributed by atoms with van der Waals surface area (Å²) in [7, 11) is 0. The second kappa shape index (κ2) is 6.34. The Balaban J connectivity index is 2.23. The maximum Gasteiger partial charge on any atom is 0.401 e. The number of hydrogen-bond acceptors (Lipinski definition) is 2. The van der Waals surface area contributed by atoms with Gasteiger partial charge in [0.05, 0.1) is 13.1 Å². The van der Waals surface area contributed by atoms with Gasteiger partial charge in [0.25, 0.3) is 0 Å². The monoisotopic (exact) mass is 264 g/mol.